The summed E-state index contributed by atoms with van der Waals surface area (Å²) in [5, 5.41) is 15.8. The highest BCUT2D eigenvalue weighted by atomic mass is 19.1. The average molecular weight is 342 g/mol. The fourth-order valence-electron chi connectivity index (χ4n) is 2.82. The van der Waals surface area contributed by atoms with Crippen LogP contribution in [0.2, 0.25) is 0 Å². The van der Waals surface area contributed by atoms with Gasteiger partial charge in [0.15, 0.2) is 0 Å². The second-order valence-corrected chi connectivity index (χ2v) is 6.21. The van der Waals surface area contributed by atoms with Gasteiger partial charge in [0.25, 0.3) is 0 Å². The van der Waals surface area contributed by atoms with E-state index < -0.39 is 23.2 Å². The number of hydrogen-bond acceptors (Lipinski definition) is 3. The third kappa shape index (κ3) is 4.03. The van der Waals surface area contributed by atoms with Gasteiger partial charge in [0.05, 0.1) is 6.54 Å². The molecule has 1 aliphatic carbocycles. The van der Waals surface area contributed by atoms with E-state index in [2.05, 4.69) is 10.6 Å². The Balaban J connectivity index is 1.63. The molecule has 1 unspecified atom stereocenters. The van der Waals surface area contributed by atoms with E-state index in [1.54, 1.807) is 12.1 Å². The number of rotatable bonds is 5. The predicted molar refractivity (Wildman–Crippen MR) is 91.1 cm³/mol. The number of anilines is 1. The van der Waals surface area contributed by atoms with Gasteiger partial charge >= 0.3 is 11.8 Å². The van der Waals surface area contributed by atoms with E-state index in [0.717, 1.165) is 18.9 Å². The maximum absolute atomic E-state index is 13.1. The lowest BCUT2D eigenvalue weighted by molar-refractivity contribution is -0.137. The number of hydrogen-bond donors (Lipinski definition) is 3. The molecule has 2 aromatic rings. The lowest BCUT2D eigenvalue weighted by Gasteiger charge is -2.29. The normalized spacial score (nSPS) is 15.9. The molecule has 2 amide bonds. The fraction of sp³-hybridized carbons (Fsp3) is 0.263. The molecular formula is C19H19FN2O3. The smallest absolute Gasteiger partial charge is 0.313 e. The van der Waals surface area contributed by atoms with Crippen LogP contribution in [0.3, 0.4) is 0 Å². The van der Waals surface area contributed by atoms with Crippen molar-refractivity contribution in [3.8, 4) is 0 Å². The third-order valence-corrected chi connectivity index (χ3v) is 4.33. The Morgan fingerprint density at radius 3 is 2.44 bits per heavy atom. The SMILES string of the molecule is O=C(NCC(O)(c1ccccc1)C1CC1)C(=O)Nc1cccc(F)c1. The first-order chi connectivity index (χ1) is 12.0. The number of nitrogens with one attached hydrogen (secondary N) is 2. The summed E-state index contributed by atoms with van der Waals surface area (Å²) in [6.45, 7) is -0.0584. The molecule has 0 heterocycles. The van der Waals surface area contributed by atoms with Gasteiger partial charge in [-0.05, 0) is 42.5 Å². The molecule has 2 aromatic carbocycles. The number of halogens is 1. The number of benzene rings is 2. The Morgan fingerprint density at radius 2 is 1.80 bits per heavy atom. The molecule has 1 aliphatic rings. The van der Waals surface area contributed by atoms with Gasteiger partial charge in [-0.1, -0.05) is 36.4 Å². The summed E-state index contributed by atoms with van der Waals surface area (Å²) in [7, 11) is 0. The molecule has 0 spiro atoms. The van der Waals surface area contributed by atoms with Crippen molar-refractivity contribution in [3.63, 3.8) is 0 Å². The van der Waals surface area contributed by atoms with Crippen LogP contribution in [0.4, 0.5) is 10.1 Å². The Hall–Kier alpha value is -2.73. The summed E-state index contributed by atoms with van der Waals surface area (Å²) < 4.78 is 13.1. The summed E-state index contributed by atoms with van der Waals surface area (Å²) in [4.78, 5) is 24.0. The first-order valence-corrected chi connectivity index (χ1v) is 8.12. The molecule has 25 heavy (non-hydrogen) atoms. The van der Waals surface area contributed by atoms with Crippen LogP contribution in [0.1, 0.15) is 18.4 Å². The van der Waals surface area contributed by atoms with Gasteiger partial charge in [-0.25, -0.2) is 4.39 Å². The minimum atomic E-state index is -1.20. The quantitative estimate of drug-likeness (QED) is 0.729. The average Bonchev–Trinajstić information content (AvgIpc) is 3.45. The van der Waals surface area contributed by atoms with E-state index in [9.17, 15) is 19.1 Å². The lowest BCUT2D eigenvalue weighted by Crippen LogP contribution is -2.45. The maximum Gasteiger partial charge on any atom is 0.313 e. The van der Waals surface area contributed by atoms with E-state index in [1.165, 1.54) is 18.2 Å². The Kier molecular flexibility index (Phi) is 4.81. The molecule has 1 atom stereocenters. The van der Waals surface area contributed by atoms with Gasteiger partial charge in [0.1, 0.15) is 11.4 Å². The van der Waals surface area contributed by atoms with Gasteiger partial charge < -0.3 is 15.7 Å². The summed E-state index contributed by atoms with van der Waals surface area (Å²) in [6.07, 6.45) is 1.74. The second-order valence-electron chi connectivity index (χ2n) is 6.21. The Bertz CT molecular complexity index is 777. The van der Waals surface area contributed by atoms with Crippen LogP contribution in [0.25, 0.3) is 0 Å². The molecule has 0 bridgehead atoms. The molecule has 0 saturated heterocycles. The zero-order chi connectivity index (χ0) is 17.9. The van der Waals surface area contributed by atoms with Gasteiger partial charge in [-0.15, -0.1) is 0 Å². The summed E-state index contributed by atoms with van der Waals surface area (Å²) in [5.74, 6) is -2.23. The molecule has 0 aromatic heterocycles. The van der Waals surface area contributed by atoms with Crippen molar-refractivity contribution in [1.29, 1.82) is 0 Å². The van der Waals surface area contributed by atoms with Gasteiger partial charge in [0.2, 0.25) is 0 Å². The van der Waals surface area contributed by atoms with Crippen molar-refractivity contribution in [3.05, 3.63) is 66.0 Å². The molecule has 5 nitrogen and oxygen atoms in total. The Morgan fingerprint density at radius 1 is 1.08 bits per heavy atom. The standard InChI is InChI=1S/C19H19FN2O3/c20-15-7-4-8-16(11-15)22-18(24)17(23)21-12-19(25,14-9-10-14)13-5-2-1-3-6-13/h1-8,11,14,25H,9-10,12H2,(H,21,23)(H,22,24). The molecule has 0 aliphatic heterocycles. The number of carbonyl (C=O) groups excluding carboxylic acids is 2. The number of aliphatic hydroxyl groups is 1. The van der Waals surface area contributed by atoms with E-state index >= 15 is 0 Å². The van der Waals surface area contributed by atoms with Crippen LogP contribution in [-0.4, -0.2) is 23.5 Å². The van der Waals surface area contributed by atoms with Gasteiger partial charge in [0, 0.05) is 5.69 Å². The first-order valence-electron chi connectivity index (χ1n) is 8.12. The van der Waals surface area contributed by atoms with Crippen molar-refractivity contribution < 1.29 is 19.1 Å². The van der Waals surface area contributed by atoms with E-state index in [4.69, 9.17) is 0 Å². The van der Waals surface area contributed by atoms with Crippen molar-refractivity contribution in [2.24, 2.45) is 5.92 Å². The van der Waals surface area contributed by atoms with Crippen LogP contribution >= 0.6 is 0 Å². The minimum absolute atomic E-state index is 0.0569. The second kappa shape index (κ2) is 7.03. The van der Waals surface area contributed by atoms with Gasteiger partial charge in [-0.3, -0.25) is 9.59 Å². The minimum Gasteiger partial charge on any atom is -0.383 e. The van der Waals surface area contributed by atoms with E-state index in [-0.39, 0.29) is 18.2 Å². The van der Waals surface area contributed by atoms with Crippen molar-refractivity contribution in [1.82, 2.24) is 5.32 Å². The summed E-state index contributed by atoms with van der Waals surface area (Å²) in [6, 6.07) is 14.4. The highest BCUT2D eigenvalue weighted by Gasteiger charge is 2.45. The topological polar surface area (TPSA) is 78.4 Å². The molecule has 0 radical (unpaired) electrons. The molecule has 1 fully saturated rings. The van der Waals surface area contributed by atoms with Crippen LogP contribution in [0.5, 0.6) is 0 Å². The largest absolute Gasteiger partial charge is 0.383 e. The lowest BCUT2D eigenvalue weighted by atomic mass is 9.88. The highest BCUT2D eigenvalue weighted by Crippen LogP contribution is 2.45. The van der Waals surface area contributed by atoms with Gasteiger partial charge in [-0.2, -0.15) is 0 Å². The van der Waals surface area contributed by atoms with Crippen molar-refractivity contribution in [2.45, 2.75) is 18.4 Å². The Labute approximate surface area is 144 Å². The maximum atomic E-state index is 13.1. The molecule has 3 rings (SSSR count). The van der Waals surface area contributed by atoms with Crippen LogP contribution in [0, 0.1) is 11.7 Å². The number of carbonyl (C=O) groups is 2. The third-order valence-electron chi connectivity index (χ3n) is 4.33. The molecule has 3 N–H and O–H groups in total. The van der Waals surface area contributed by atoms with Crippen molar-refractivity contribution in [2.75, 3.05) is 11.9 Å². The van der Waals surface area contributed by atoms with Crippen LogP contribution < -0.4 is 10.6 Å². The monoisotopic (exact) mass is 342 g/mol. The summed E-state index contributed by atoms with van der Waals surface area (Å²) in [5.41, 5.74) is -0.292. The van der Waals surface area contributed by atoms with Crippen LogP contribution in [-0.2, 0) is 15.2 Å². The number of amides is 2. The summed E-state index contributed by atoms with van der Waals surface area (Å²) >= 11 is 0. The van der Waals surface area contributed by atoms with Crippen LogP contribution in [0.15, 0.2) is 54.6 Å². The zero-order valence-electron chi connectivity index (χ0n) is 13.5. The fourth-order valence-corrected chi connectivity index (χ4v) is 2.82. The highest BCUT2D eigenvalue weighted by molar-refractivity contribution is 6.39. The predicted octanol–water partition coefficient (Wildman–Crippen LogP) is 2.18. The molecule has 1 saturated carbocycles. The van der Waals surface area contributed by atoms with E-state index in [1.807, 2.05) is 18.2 Å². The van der Waals surface area contributed by atoms with E-state index in [0.29, 0.717) is 5.56 Å². The first kappa shape index (κ1) is 17.1. The molecular weight excluding hydrogens is 323 g/mol. The molecule has 6 heteroatoms. The zero-order valence-corrected chi connectivity index (χ0v) is 13.5. The molecule has 130 valence electrons. The van der Waals surface area contributed by atoms with Crippen molar-refractivity contribution >= 4 is 17.5 Å².